The van der Waals surface area contributed by atoms with Crippen molar-refractivity contribution in [3.05, 3.63) is 64.6 Å². The van der Waals surface area contributed by atoms with Gasteiger partial charge >= 0.3 is 0 Å². The fraction of sp³-hybridized carbons (Fsp3) is 0.333. The maximum Gasteiger partial charge on any atom is 0.266 e. The van der Waals surface area contributed by atoms with Crippen LogP contribution in [0.4, 0.5) is 11.4 Å². The Morgan fingerprint density at radius 1 is 1.12 bits per heavy atom. The number of carbonyl (C=O) groups is 1. The summed E-state index contributed by atoms with van der Waals surface area (Å²) in [5.74, 6) is 0.732. The molecule has 0 aliphatic carbocycles. The number of nitrogens with zero attached hydrogens (tertiary/aromatic N) is 3. The maximum atomic E-state index is 13.2. The van der Waals surface area contributed by atoms with Gasteiger partial charge < -0.3 is 9.64 Å². The number of fused-ring (bicyclic) bond motifs is 1. The number of thioether (sulfide) groups is 1. The zero-order chi connectivity index (χ0) is 23.8. The zero-order valence-electron chi connectivity index (χ0n) is 20.2. The monoisotopic (exact) mass is 461 g/mol. The SMILES string of the molecule is CCN1C(=O)/C(=C\c2cc3c(cc2OC)N(CC)C(C)(C)C=C3C)SC1=Nc1ccccc1. The molecule has 2 heterocycles. The molecule has 0 atom stereocenters. The molecule has 2 aliphatic heterocycles. The van der Waals surface area contributed by atoms with Crippen molar-refractivity contribution in [3.8, 4) is 5.75 Å². The van der Waals surface area contributed by atoms with Gasteiger partial charge in [0.1, 0.15) is 5.75 Å². The van der Waals surface area contributed by atoms with Gasteiger partial charge in [0.05, 0.1) is 23.2 Å². The first-order chi connectivity index (χ1) is 15.8. The average Bonchev–Trinajstić information content (AvgIpc) is 3.07. The fourth-order valence-corrected chi connectivity index (χ4v) is 5.67. The molecule has 6 heteroatoms. The second kappa shape index (κ2) is 9.10. The predicted molar refractivity (Wildman–Crippen MR) is 140 cm³/mol. The van der Waals surface area contributed by atoms with Crippen LogP contribution in [0.3, 0.4) is 0 Å². The summed E-state index contributed by atoms with van der Waals surface area (Å²) in [4.78, 5) is 22.6. The summed E-state index contributed by atoms with van der Waals surface area (Å²) in [5.41, 5.74) is 5.22. The molecule has 0 spiro atoms. The van der Waals surface area contributed by atoms with Crippen molar-refractivity contribution < 1.29 is 9.53 Å². The van der Waals surface area contributed by atoms with Crippen LogP contribution in [0.1, 0.15) is 45.7 Å². The Balaban J connectivity index is 1.77. The van der Waals surface area contributed by atoms with E-state index in [-0.39, 0.29) is 11.4 Å². The second-order valence-electron chi connectivity index (χ2n) is 8.73. The number of allylic oxidation sites excluding steroid dienone is 1. The standard InChI is InChI=1S/C27H31N3O2S/c1-7-29-25(31)24(33-26(29)28-20-12-10-9-11-13-20)15-19-14-21-18(3)17-27(4,5)30(8-2)22(21)16-23(19)32-6/h9-17H,7-8H2,1-6H3/b24-15+,28-26?. The number of para-hydroxylation sites is 1. The van der Waals surface area contributed by atoms with E-state index in [1.165, 1.54) is 22.9 Å². The summed E-state index contributed by atoms with van der Waals surface area (Å²) in [6, 6.07) is 14.0. The molecule has 0 bridgehead atoms. The summed E-state index contributed by atoms with van der Waals surface area (Å²) < 4.78 is 5.77. The van der Waals surface area contributed by atoms with E-state index in [9.17, 15) is 4.79 Å². The summed E-state index contributed by atoms with van der Waals surface area (Å²) in [5, 5.41) is 0.701. The topological polar surface area (TPSA) is 45.1 Å². The van der Waals surface area contributed by atoms with Crippen molar-refractivity contribution in [2.75, 3.05) is 25.1 Å². The number of benzene rings is 2. The molecule has 0 unspecified atom stereocenters. The van der Waals surface area contributed by atoms with Crippen LogP contribution in [0.2, 0.25) is 0 Å². The Bertz CT molecular complexity index is 1170. The number of ether oxygens (including phenoxy) is 1. The minimum absolute atomic E-state index is 0.0273. The molecule has 1 fully saturated rings. The van der Waals surface area contributed by atoms with Gasteiger partial charge in [0.2, 0.25) is 0 Å². The third-order valence-electron chi connectivity index (χ3n) is 6.12. The first-order valence-electron chi connectivity index (χ1n) is 11.3. The van der Waals surface area contributed by atoms with E-state index in [0.717, 1.165) is 29.2 Å². The van der Waals surface area contributed by atoms with Gasteiger partial charge in [-0.2, -0.15) is 0 Å². The highest BCUT2D eigenvalue weighted by Crippen LogP contribution is 2.43. The molecule has 2 aromatic carbocycles. The third-order valence-corrected chi connectivity index (χ3v) is 7.12. The maximum absolute atomic E-state index is 13.2. The summed E-state index contributed by atoms with van der Waals surface area (Å²) in [7, 11) is 1.68. The van der Waals surface area contributed by atoms with Crippen molar-refractivity contribution in [1.29, 1.82) is 0 Å². The molecule has 0 saturated carbocycles. The molecule has 33 heavy (non-hydrogen) atoms. The van der Waals surface area contributed by atoms with Gasteiger partial charge in [-0.3, -0.25) is 9.69 Å². The molecular weight excluding hydrogens is 430 g/mol. The normalized spacial score (nSPS) is 19.8. The number of rotatable bonds is 5. The average molecular weight is 462 g/mol. The van der Waals surface area contributed by atoms with Gasteiger partial charge in [-0.25, -0.2) is 4.99 Å². The number of hydrogen-bond acceptors (Lipinski definition) is 5. The highest BCUT2D eigenvalue weighted by atomic mass is 32.2. The molecule has 0 aromatic heterocycles. The van der Waals surface area contributed by atoms with Crippen LogP contribution in [-0.2, 0) is 4.79 Å². The molecule has 0 N–H and O–H groups in total. The number of amides is 1. The van der Waals surface area contributed by atoms with Gasteiger partial charge in [-0.1, -0.05) is 24.3 Å². The van der Waals surface area contributed by atoms with Gasteiger partial charge in [-0.15, -0.1) is 0 Å². The summed E-state index contributed by atoms with van der Waals surface area (Å²) in [6.07, 6.45) is 4.24. The molecule has 5 nitrogen and oxygen atoms in total. The smallest absolute Gasteiger partial charge is 0.266 e. The number of likely N-dealkylation sites (N-methyl/N-ethyl adjacent to an activating group) is 2. The van der Waals surface area contributed by atoms with Crippen LogP contribution in [0.25, 0.3) is 11.6 Å². The molecule has 2 aromatic rings. The van der Waals surface area contributed by atoms with Crippen LogP contribution < -0.4 is 9.64 Å². The number of aliphatic imine (C=N–C) groups is 1. The van der Waals surface area contributed by atoms with Crippen molar-refractivity contribution in [2.24, 2.45) is 4.99 Å². The molecule has 0 radical (unpaired) electrons. The van der Waals surface area contributed by atoms with E-state index in [1.54, 1.807) is 12.0 Å². The van der Waals surface area contributed by atoms with E-state index in [1.807, 2.05) is 43.3 Å². The lowest BCUT2D eigenvalue weighted by atomic mass is 9.87. The Morgan fingerprint density at radius 2 is 1.85 bits per heavy atom. The summed E-state index contributed by atoms with van der Waals surface area (Å²) in [6.45, 7) is 12.2. The molecule has 1 amide bonds. The van der Waals surface area contributed by atoms with Crippen LogP contribution in [-0.4, -0.2) is 41.7 Å². The van der Waals surface area contributed by atoms with Crippen LogP contribution in [0.5, 0.6) is 5.75 Å². The van der Waals surface area contributed by atoms with E-state index in [4.69, 9.17) is 9.73 Å². The van der Waals surface area contributed by atoms with E-state index in [2.05, 4.69) is 50.8 Å². The van der Waals surface area contributed by atoms with Crippen LogP contribution >= 0.6 is 11.8 Å². The van der Waals surface area contributed by atoms with Crippen molar-refractivity contribution in [1.82, 2.24) is 4.90 Å². The van der Waals surface area contributed by atoms with Gasteiger partial charge in [0.15, 0.2) is 5.17 Å². The zero-order valence-corrected chi connectivity index (χ0v) is 21.0. The summed E-state index contributed by atoms with van der Waals surface area (Å²) >= 11 is 1.41. The minimum atomic E-state index is -0.0709. The molecular formula is C27H31N3O2S. The largest absolute Gasteiger partial charge is 0.496 e. The lowest BCUT2D eigenvalue weighted by molar-refractivity contribution is -0.122. The second-order valence-corrected chi connectivity index (χ2v) is 9.74. The molecule has 1 saturated heterocycles. The van der Waals surface area contributed by atoms with Gasteiger partial charge in [-0.05, 0) is 76.2 Å². The van der Waals surface area contributed by atoms with Crippen molar-refractivity contribution >= 4 is 45.9 Å². The highest BCUT2D eigenvalue weighted by Gasteiger charge is 2.34. The first-order valence-corrected chi connectivity index (χ1v) is 12.1. The van der Waals surface area contributed by atoms with E-state index in [0.29, 0.717) is 16.6 Å². The Labute approximate surface area is 200 Å². The predicted octanol–water partition coefficient (Wildman–Crippen LogP) is 6.34. The highest BCUT2D eigenvalue weighted by molar-refractivity contribution is 8.18. The van der Waals surface area contributed by atoms with Crippen LogP contribution in [0, 0.1) is 0 Å². The quantitative estimate of drug-likeness (QED) is 0.487. The first kappa shape index (κ1) is 23.2. The third kappa shape index (κ3) is 4.32. The lowest BCUT2D eigenvalue weighted by Gasteiger charge is -2.43. The van der Waals surface area contributed by atoms with Crippen molar-refractivity contribution in [2.45, 2.75) is 40.2 Å². The number of hydrogen-bond donors (Lipinski definition) is 0. The van der Waals surface area contributed by atoms with Crippen LogP contribution in [0.15, 0.2) is 58.4 Å². The van der Waals surface area contributed by atoms with E-state index < -0.39 is 0 Å². The Hall–Kier alpha value is -2.99. The fourth-order valence-electron chi connectivity index (χ4n) is 4.61. The minimum Gasteiger partial charge on any atom is -0.496 e. The lowest BCUT2D eigenvalue weighted by Crippen LogP contribution is -2.44. The number of methoxy groups -OCH3 is 1. The number of anilines is 1. The number of carbonyl (C=O) groups excluding carboxylic acids is 1. The Morgan fingerprint density at radius 3 is 2.48 bits per heavy atom. The van der Waals surface area contributed by atoms with Gasteiger partial charge in [0, 0.05) is 36.0 Å². The number of amidine groups is 1. The molecule has 172 valence electrons. The molecule has 2 aliphatic rings. The molecule has 4 rings (SSSR count). The Kier molecular flexibility index (Phi) is 6.39. The van der Waals surface area contributed by atoms with Gasteiger partial charge in [0.25, 0.3) is 5.91 Å². The van der Waals surface area contributed by atoms with Crippen molar-refractivity contribution in [3.63, 3.8) is 0 Å². The van der Waals surface area contributed by atoms with E-state index >= 15 is 0 Å².